The van der Waals surface area contributed by atoms with E-state index in [2.05, 4.69) is 44.0 Å². The molecule has 0 rings (SSSR count). The largest absolute Gasteiger partial charge is 0.0713 e. The minimum absolute atomic E-state index is 0.906. The fourth-order valence-electron chi connectivity index (χ4n) is 0.955. The maximum Gasteiger partial charge on any atom is 0.0400 e. The molecular formula is C7H17Si3. The molecule has 0 saturated heterocycles. The first-order valence-electron chi connectivity index (χ1n) is 3.89. The molecule has 0 aromatic carbocycles. The van der Waals surface area contributed by atoms with Crippen molar-refractivity contribution in [1.29, 1.82) is 0 Å². The van der Waals surface area contributed by atoms with Crippen LogP contribution in [0.4, 0.5) is 0 Å². The average molecular weight is 185 g/mol. The van der Waals surface area contributed by atoms with Crippen molar-refractivity contribution in [2.24, 2.45) is 0 Å². The monoisotopic (exact) mass is 185 g/mol. The van der Waals surface area contributed by atoms with Gasteiger partial charge in [0.2, 0.25) is 0 Å². The molecule has 0 bridgehead atoms. The number of hydrogen-bond donors (Lipinski definition) is 0. The summed E-state index contributed by atoms with van der Waals surface area (Å²) in [5.74, 6) is 0. The quantitative estimate of drug-likeness (QED) is 0.591. The van der Waals surface area contributed by atoms with Crippen LogP contribution in [0.15, 0.2) is 0 Å². The Morgan fingerprint density at radius 2 is 1.40 bits per heavy atom. The van der Waals surface area contributed by atoms with E-state index in [1.807, 2.05) is 0 Å². The molecule has 3 heteroatoms. The van der Waals surface area contributed by atoms with E-state index in [-0.39, 0.29) is 0 Å². The number of hydrogen-bond acceptors (Lipinski definition) is 0. The summed E-state index contributed by atoms with van der Waals surface area (Å²) in [6.07, 6.45) is 0. The van der Waals surface area contributed by atoms with Crippen LogP contribution >= 0.6 is 0 Å². The average Bonchev–Trinajstić information content (AvgIpc) is 1.85. The summed E-state index contributed by atoms with van der Waals surface area (Å²) < 4.78 is 0. The van der Waals surface area contributed by atoms with Crippen molar-refractivity contribution >= 4 is 25.9 Å². The summed E-state index contributed by atoms with van der Waals surface area (Å²) in [5.41, 5.74) is 1.81. The highest BCUT2D eigenvalue weighted by Gasteiger charge is 2.31. The van der Waals surface area contributed by atoms with E-state index < -0.39 is 7.59 Å². The molecule has 0 fully saturated rings. The van der Waals surface area contributed by atoms with Crippen LogP contribution in [0, 0.1) is 0 Å². The molecule has 0 aromatic rings. The van der Waals surface area contributed by atoms with Crippen LogP contribution in [-0.2, 0) is 0 Å². The minimum atomic E-state index is -0.937. The van der Waals surface area contributed by atoms with E-state index in [9.17, 15) is 0 Å². The molecule has 0 heterocycles. The highest BCUT2D eigenvalue weighted by molar-refractivity contribution is 7.40. The molecule has 5 radical (unpaired) electrons. The Morgan fingerprint density at radius 1 is 1.10 bits per heavy atom. The van der Waals surface area contributed by atoms with Gasteiger partial charge in [-0.25, -0.2) is 0 Å². The zero-order chi connectivity index (χ0) is 8.36. The molecule has 0 spiro atoms. The normalized spacial score (nSPS) is 13.2. The van der Waals surface area contributed by atoms with Crippen molar-refractivity contribution < 1.29 is 0 Å². The summed E-state index contributed by atoms with van der Waals surface area (Å²) in [6, 6.07) is 0. The predicted molar refractivity (Wildman–Crippen MR) is 53.3 cm³/mol. The van der Waals surface area contributed by atoms with Crippen LogP contribution in [0.25, 0.3) is 0 Å². The van der Waals surface area contributed by atoms with Gasteiger partial charge in [0.05, 0.1) is 0 Å². The predicted octanol–water partition coefficient (Wildman–Crippen LogP) is 2.17. The van der Waals surface area contributed by atoms with Gasteiger partial charge in [0.25, 0.3) is 0 Å². The molecule has 0 aromatic heterocycles. The first kappa shape index (κ1) is 10.7. The molecule has 0 saturated carbocycles. The van der Waals surface area contributed by atoms with Gasteiger partial charge < -0.3 is 0 Å². The summed E-state index contributed by atoms with van der Waals surface area (Å²) in [7, 11) is 3.78. The second-order valence-corrected chi connectivity index (χ2v) is 15.1. The van der Waals surface area contributed by atoms with Crippen LogP contribution in [0.3, 0.4) is 0 Å². The maximum atomic E-state index is 3.71. The van der Waals surface area contributed by atoms with Gasteiger partial charge in [-0.2, -0.15) is 0 Å². The van der Waals surface area contributed by atoms with Crippen molar-refractivity contribution in [3.05, 3.63) is 0 Å². The zero-order valence-corrected chi connectivity index (χ0v) is 10.7. The second kappa shape index (κ2) is 3.88. The Balaban J connectivity index is 4.23. The molecule has 10 heavy (non-hydrogen) atoms. The van der Waals surface area contributed by atoms with E-state index in [1.54, 1.807) is 0 Å². The van der Waals surface area contributed by atoms with Crippen LogP contribution < -0.4 is 0 Å². The molecule has 0 N–H and O–H groups in total. The van der Waals surface area contributed by atoms with Crippen molar-refractivity contribution in [2.75, 3.05) is 0 Å². The topological polar surface area (TPSA) is 0 Å². The fraction of sp³-hybridized carbons (Fsp3) is 1.00. The summed E-state index contributed by atoms with van der Waals surface area (Å²) in [6.45, 7) is 11.9. The SMILES string of the molecule is CC(C)[Si](C)([Si][Si])C(C)C. The smallest absolute Gasteiger partial charge is 0.0400 e. The van der Waals surface area contributed by atoms with Gasteiger partial charge in [-0.1, -0.05) is 45.3 Å². The van der Waals surface area contributed by atoms with Crippen molar-refractivity contribution in [2.45, 2.75) is 45.3 Å². The standard InChI is InChI=1S/C7H17Si3/c1-6(2)10(5,9-8)7(3)4/h6-7H,1-5H3. The Labute approximate surface area is 71.6 Å². The summed E-state index contributed by atoms with van der Waals surface area (Å²) in [5, 5.41) is 0. The lowest BCUT2D eigenvalue weighted by Gasteiger charge is -2.34. The molecule has 0 amide bonds. The van der Waals surface area contributed by atoms with E-state index in [0.717, 1.165) is 19.6 Å². The lowest BCUT2D eigenvalue weighted by atomic mass is 10.5. The molecule has 57 valence electrons. The third-order valence-corrected chi connectivity index (χ3v) is 17.9. The van der Waals surface area contributed by atoms with Gasteiger partial charge in [-0.15, -0.1) is 0 Å². The van der Waals surface area contributed by atoms with Crippen molar-refractivity contribution in [1.82, 2.24) is 0 Å². The highest BCUT2D eigenvalue weighted by Crippen LogP contribution is 2.29. The molecular weight excluding hydrogens is 168 g/mol. The zero-order valence-electron chi connectivity index (χ0n) is 7.65. The summed E-state index contributed by atoms with van der Waals surface area (Å²) in [4.78, 5) is 0. The van der Waals surface area contributed by atoms with E-state index in [1.165, 1.54) is 0 Å². The highest BCUT2D eigenvalue weighted by atomic mass is 29.5. The van der Waals surface area contributed by atoms with E-state index in [4.69, 9.17) is 0 Å². The van der Waals surface area contributed by atoms with Gasteiger partial charge in [0.1, 0.15) is 0 Å². The number of rotatable bonds is 3. The van der Waals surface area contributed by atoms with Gasteiger partial charge in [-0.3, -0.25) is 0 Å². The van der Waals surface area contributed by atoms with Crippen LogP contribution in [0.1, 0.15) is 27.7 Å². The first-order chi connectivity index (χ1) is 4.45. The Bertz CT molecular complexity index is 91.0. The Hall–Kier alpha value is 0.651. The fourth-order valence-corrected chi connectivity index (χ4v) is 9.79. The van der Waals surface area contributed by atoms with Crippen LogP contribution in [0.5, 0.6) is 0 Å². The molecule has 0 aliphatic carbocycles. The van der Waals surface area contributed by atoms with E-state index in [0.29, 0.717) is 0 Å². The van der Waals surface area contributed by atoms with Gasteiger partial charge >= 0.3 is 0 Å². The lowest BCUT2D eigenvalue weighted by Crippen LogP contribution is -2.45. The van der Waals surface area contributed by atoms with Gasteiger partial charge in [-0.05, 0) is 0 Å². The van der Waals surface area contributed by atoms with Crippen molar-refractivity contribution in [3.8, 4) is 0 Å². The lowest BCUT2D eigenvalue weighted by molar-refractivity contribution is 0.929. The second-order valence-electron chi connectivity index (χ2n) is 3.72. The summed E-state index contributed by atoms with van der Waals surface area (Å²) >= 11 is 0. The third-order valence-electron chi connectivity index (χ3n) is 2.67. The van der Waals surface area contributed by atoms with Gasteiger partial charge in [0.15, 0.2) is 0 Å². The Kier molecular flexibility index (Phi) is 4.13. The Morgan fingerprint density at radius 3 is 1.40 bits per heavy atom. The maximum absolute atomic E-state index is 3.71. The first-order valence-corrected chi connectivity index (χ1v) is 10.0. The van der Waals surface area contributed by atoms with Crippen LogP contribution in [0.2, 0.25) is 17.6 Å². The third kappa shape index (κ3) is 2.07. The molecule has 0 aliphatic heterocycles. The minimum Gasteiger partial charge on any atom is -0.0713 e. The molecule has 0 nitrogen and oxygen atoms in total. The molecule has 0 atom stereocenters. The van der Waals surface area contributed by atoms with E-state index >= 15 is 0 Å². The molecule has 0 aliphatic rings. The molecule has 0 unspecified atom stereocenters. The van der Waals surface area contributed by atoms with Gasteiger partial charge in [0, 0.05) is 25.9 Å². The van der Waals surface area contributed by atoms with Crippen LogP contribution in [-0.4, -0.2) is 25.9 Å². The van der Waals surface area contributed by atoms with Crippen molar-refractivity contribution in [3.63, 3.8) is 0 Å².